The molecule has 3 rings (SSSR count). The lowest BCUT2D eigenvalue weighted by atomic mass is 9.74. The molecule has 0 amide bonds. The van der Waals surface area contributed by atoms with Crippen molar-refractivity contribution in [2.24, 2.45) is 23.7 Å². The van der Waals surface area contributed by atoms with E-state index >= 15 is 0 Å². The molecule has 0 saturated carbocycles. The topological polar surface area (TPSA) is 200 Å². The predicted octanol–water partition coefficient (Wildman–Crippen LogP) is 8.37. The Labute approximate surface area is 422 Å². The number of hydrogen-bond acceptors (Lipinski definition) is 15. The number of allylic oxidation sites excluding steroid dienone is 2. The number of rotatable bonds is 23. The van der Waals surface area contributed by atoms with Crippen LogP contribution in [0.5, 0.6) is 0 Å². The van der Waals surface area contributed by atoms with Gasteiger partial charge in [-0.05, 0) is 107 Å². The molecule has 0 radical (unpaired) electrons. The van der Waals surface area contributed by atoms with E-state index in [1.807, 2.05) is 25.9 Å². The fraction of sp³-hybridized carbons (Fsp3) is 0.909. The molecule has 3 saturated heterocycles. The van der Waals surface area contributed by atoms with Crippen molar-refractivity contribution in [3.05, 3.63) is 12.2 Å². The fourth-order valence-electron chi connectivity index (χ4n) is 11.1. The van der Waals surface area contributed by atoms with Crippen LogP contribution in [0.4, 0.5) is 0 Å². The Kier molecular flexibility index (Phi) is 25.9. The standard InChI is InChI=1S/C55H99NO14/c1-15-17-18-19-20-21-22-23-24-25-26-27-28-29-30-31-43(57)68-47-41(56(12)13)32-36(4)65-52(47)70-50-38(6)46(69-44-34-54(10,64-14)49(60)40(8)66-44)39(7)51(61)67-42(16-2)55(11,63)48(59)37(5)45(58)35(3)33-53(50,9)62/h23-24,35-42,44,46-50,52,59-60,62-63H,15-22,25-34H2,1-14H3/b24-23-/t35-,36-,37+,38+,39-,40+,41+,42-,44+,46+,47-,48-,49+,50?,52+,53-,54-,55-/m1/s1. The molecule has 15 nitrogen and oxygen atoms in total. The van der Waals surface area contributed by atoms with Gasteiger partial charge in [0.2, 0.25) is 0 Å². The largest absolute Gasteiger partial charge is 0.459 e. The average Bonchev–Trinajstić information content (AvgIpc) is 3.30. The maximum atomic E-state index is 14.4. The second kappa shape index (κ2) is 29.1. The van der Waals surface area contributed by atoms with E-state index in [9.17, 15) is 34.8 Å². The monoisotopic (exact) mass is 998 g/mol. The van der Waals surface area contributed by atoms with Crippen molar-refractivity contribution in [2.75, 3.05) is 21.2 Å². The van der Waals surface area contributed by atoms with Crippen molar-refractivity contribution in [2.45, 2.75) is 276 Å². The number of aliphatic hydroxyl groups excluding tert-OH is 2. The summed E-state index contributed by atoms with van der Waals surface area (Å²) in [6, 6.07) is -0.330. The second-order valence-electron chi connectivity index (χ2n) is 22.3. The number of methoxy groups -OCH3 is 1. The van der Waals surface area contributed by atoms with E-state index in [0.29, 0.717) is 12.8 Å². The van der Waals surface area contributed by atoms with Gasteiger partial charge in [0.25, 0.3) is 0 Å². The maximum absolute atomic E-state index is 14.4. The Morgan fingerprint density at radius 3 is 1.93 bits per heavy atom. The zero-order valence-electron chi connectivity index (χ0n) is 45.9. The van der Waals surface area contributed by atoms with Crippen LogP contribution in [0.3, 0.4) is 0 Å². The highest BCUT2D eigenvalue weighted by Crippen LogP contribution is 2.41. The van der Waals surface area contributed by atoms with Crippen LogP contribution in [0.1, 0.15) is 192 Å². The molecule has 70 heavy (non-hydrogen) atoms. The number of ketones is 1. The average molecular weight is 998 g/mol. The minimum absolute atomic E-state index is 0.0757. The van der Waals surface area contributed by atoms with Gasteiger partial charge in [-0.1, -0.05) is 98.1 Å². The van der Waals surface area contributed by atoms with Crippen molar-refractivity contribution in [3.8, 4) is 0 Å². The van der Waals surface area contributed by atoms with Crippen molar-refractivity contribution < 1.29 is 68.0 Å². The molecular weight excluding hydrogens is 899 g/mol. The van der Waals surface area contributed by atoms with E-state index in [1.165, 1.54) is 59.5 Å². The number of esters is 2. The Bertz CT molecular complexity index is 1590. The van der Waals surface area contributed by atoms with Gasteiger partial charge >= 0.3 is 11.9 Å². The van der Waals surface area contributed by atoms with Gasteiger partial charge in [0, 0.05) is 37.7 Å². The molecular formula is C55H99NO14. The molecule has 408 valence electrons. The number of Topliss-reactive ketones (excluding diaryl/α,β-unsaturated/α-hetero) is 1. The van der Waals surface area contributed by atoms with E-state index in [-0.39, 0.29) is 43.8 Å². The smallest absolute Gasteiger partial charge is 0.311 e. The van der Waals surface area contributed by atoms with Gasteiger partial charge in [0.1, 0.15) is 23.6 Å². The third-order valence-corrected chi connectivity index (χ3v) is 15.7. The molecule has 0 bridgehead atoms. The number of nitrogens with zero attached hydrogens (tertiary/aromatic N) is 1. The molecule has 3 aliphatic rings. The molecule has 18 atom stereocenters. The van der Waals surface area contributed by atoms with Gasteiger partial charge in [-0.15, -0.1) is 0 Å². The first kappa shape index (κ1) is 62.2. The molecule has 1 unspecified atom stereocenters. The summed E-state index contributed by atoms with van der Waals surface area (Å²) < 4.78 is 44.7. The van der Waals surface area contributed by atoms with Gasteiger partial charge in [-0.3, -0.25) is 14.4 Å². The number of hydrogen-bond donors (Lipinski definition) is 4. The van der Waals surface area contributed by atoms with E-state index < -0.39 is 108 Å². The lowest BCUT2D eigenvalue weighted by Gasteiger charge is -2.49. The number of ether oxygens (including phenoxy) is 7. The molecule has 3 heterocycles. The number of carbonyl (C=O) groups is 3. The minimum Gasteiger partial charge on any atom is -0.459 e. The summed E-state index contributed by atoms with van der Waals surface area (Å²) in [6.07, 6.45) is 9.82. The highest BCUT2D eigenvalue weighted by Gasteiger charge is 2.54. The van der Waals surface area contributed by atoms with Gasteiger partial charge in [0.15, 0.2) is 18.7 Å². The number of aliphatic hydroxyl groups is 4. The summed E-state index contributed by atoms with van der Waals surface area (Å²) in [5, 5.41) is 47.2. The molecule has 0 aromatic rings. The molecule has 0 aromatic carbocycles. The second-order valence-corrected chi connectivity index (χ2v) is 22.3. The van der Waals surface area contributed by atoms with Crippen LogP contribution in [0.2, 0.25) is 0 Å². The predicted molar refractivity (Wildman–Crippen MR) is 270 cm³/mol. The Morgan fingerprint density at radius 2 is 1.36 bits per heavy atom. The van der Waals surface area contributed by atoms with Crippen molar-refractivity contribution in [1.82, 2.24) is 4.90 Å². The van der Waals surface area contributed by atoms with Crippen LogP contribution in [-0.4, -0.2) is 149 Å². The van der Waals surface area contributed by atoms with Crippen LogP contribution in [0.25, 0.3) is 0 Å². The minimum atomic E-state index is -2.02. The van der Waals surface area contributed by atoms with Gasteiger partial charge in [0.05, 0.1) is 53.7 Å². The molecule has 4 N–H and O–H groups in total. The lowest BCUT2D eigenvalue weighted by molar-refractivity contribution is -0.319. The lowest BCUT2D eigenvalue weighted by Crippen LogP contribution is -2.61. The van der Waals surface area contributed by atoms with E-state index in [4.69, 9.17) is 33.2 Å². The molecule has 3 fully saturated rings. The zero-order valence-corrected chi connectivity index (χ0v) is 45.9. The number of carbonyl (C=O) groups excluding carboxylic acids is 3. The number of cyclic esters (lactones) is 1. The first-order chi connectivity index (χ1) is 32.9. The molecule has 0 spiro atoms. The quantitative estimate of drug-likeness (QED) is 0.0432. The Morgan fingerprint density at radius 1 is 0.771 bits per heavy atom. The normalized spacial score (nSPS) is 39.5. The molecule has 0 aromatic heterocycles. The summed E-state index contributed by atoms with van der Waals surface area (Å²) in [5.41, 5.74) is -4.95. The maximum Gasteiger partial charge on any atom is 0.311 e. The summed E-state index contributed by atoms with van der Waals surface area (Å²) in [5.74, 6) is -5.52. The molecule has 15 heteroatoms. The van der Waals surface area contributed by atoms with Crippen LogP contribution >= 0.6 is 0 Å². The Hall–Kier alpha value is -2.05. The molecule has 0 aliphatic carbocycles. The van der Waals surface area contributed by atoms with Gasteiger partial charge in [-0.25, -0.2) is 0 Å². The summed E-state index contributed by atoms with van der Waals surface area (Å²) >= 11 is 0. The van der Waals surface area contributed by atoms with Crippen molar-refractivity contribution in [3.63, 3.8) is 0 Å². The van der Waals surface area contributed by atoms with Crippen LogP contribution in [0, 0.1) is 23.7 Å². The van der Waals surface area contributed by atoms with Crippen LogP contribution in [0.15, 0.2) is 12.2 Å². The highest BCUT2D eigenvalue weighted by molar-refractivity contribution is 5.83. The summed E-state index contributed by atoms with van der Waals surface area (Å²) in [6.45, 7) is 18.8. The third kappa shape index (κ3) is 17.5. The summed E-state index contributed by atoms with van der Waals surface area (Å²) in [4.78, 5) is 44.3. The van der Waals surface area contributed by atoms with Gasteiger partial charge in [-0.2, -0.15) is 0 Å². The van der Waals surface area contributed by atoms with E-state index in [2.05, 4.69) is 19.1 Å². The highest BCUT2D eigenvalue weighted by atomic mass is 16.7. The number of likely N-dealkylation sites (N-methyl/N-ethyl adjacent to an activating group) is 1. The van der Waals surface area contributed by atoms with Crippen molar-refractivity contribution >= 4 is 17.7 Å². The van der Waals surface area contributed by atoms with Crippen LogP contribution in [-0.2, 0) is 47.5 Å². The fourth-order valence-corrected chi connectivity index (χ4v) is 11.1. The number of unbranched alkanes of at least 4 members (excludes halogenated alkanes) is 11. The first-order valence-electron chi connectivity index (χ1n) is 27.1. The van der Waals surface area contributed by atoms with Crippen molar-refractivity contribution in [1.29, 1.82) is 0 Å². The molecule has 3 aliphatic heterocycles. The Balaban J connectivity index is 1.94. The van der Waals surface area contributed by atoms with E-state index in [0.717, 1.165) is 38.5 Å². The first-order valence-corrected chi connectivity index (χ1v) is 27.1. The van der Waals surface area contributed by atoms with E-state index in [1.54, 1.807) is 48.5 Å². The van der Waals surface area contributed by atoms with Gasteiger partial charge < -0.3 is 58.5 Å². The van der Waals surface area contributed by atoms with Crippen LogP contribution < -0.4 is 0 Å². The summed E-state index contributed by atoms with van der Waals surface area (Å²) in [7, 11) is 5.30. The third-order valence-electron chi connectivity index (χ3n) is 15.7. The SMILES string of the molecule is CCCCCCCC/C=C\CCCCCCCC(=O)O[C@H]1[C@H](OC2[C@@H](C)[C@H](O[C@H]3C[C@@](C)(OC)[C@@H](O)[C@H](C)O3)[C@@H](C)C(=O)O[C@H](CC)[C@@](C)(O)[C@H](O)[C@@H](C)C(=O)[C@H](C)C[C@@]2(C)O)O[C@H](C)C[C@@H]1N(C)C. The zero-order chi connectivity index (χ0) is 52.6.